The first kappa shape index (κ1) is 30.1. The van der Waals surface area contributed by atoms with Crippen molar-refractivity contribution in [2.45, 2.75) is 57.8 Å². The van der Waals surface area contributed by atoms with Gasteiger partial charge < -0.3 is 30.1 Å². The van der Waals surface area contributed by atoms with Crippen LogP contribution < -0.4 is 10.2 Å². The molecule has 1 fully saturated rings. The molecule has 0 heterocycles. The van der Waals surface area contributed by atoms with Crippen LogP contribution in [0.25, 0.3) is 5.76 Å². The molecule has 0 spiro atoms. The molecule has 0 aromatic heterocycles. The number of fused-ring (bicyclic) bond motifs is 3. The van der Waals surface area contributed by atoms with Crippen LogP contribution in [0.4, 0.5) is 16.2 Å². The fourth-order valence-corrected chi connectivity index (χ4v) is 6.30. The van der Waals surface area contributed by atoms with E-state index in [1.807, 2.05) is 0 Å². The molecule has 1 aromatic carbocycles. The van der Waals surface area contributed by atoms with Gasteiger partial charge in [0.05, 0.1) is 17.3 Å². The first-order valence-corrected chi connectivity index (χ1v) is 13.2. The van der Waals surface area contributed by atoms with Crippen LogP contribution in [0.1, 0.15) is 45.2 Å². The Morgan fingerprint density at radius 1 is 1.10 bits per heavy atom. The maximum absolute atomic E-state index is 14.1. The van der Waals surface area contributed by atoms with E-state index < -0.39 is 75.4 Å². The van der Waals surface area contributed by atoms with Crippen molar-refractivity contribution in [2.24, 2.45) is 11.8 Å². The van der Waals surface area contributed by atoms with Crippen LogP contribution in [0.5, 0.6) is 5.75 Å². The average molecular weight is 572 g/mol. The van der Waals surface area contributed by atoms with Crippen LogP contribution >= 0.6 is 0 Å². The van der Waals surface area contributed by atoms with Gasteiger partial charge in [-0.25, -0.2) is 4.79 Å². The van der Waals surface area contributed by atoms with Gasteiger partial charge in [-0.05, 0) is 72.2 Å². The van der Waals surface area contributed by atoms with E-state index in [4.69, 9.17) is 4.74 Å². The molecule has 4 atom stereocenters. The number of Topliss-reactive ketones (excluding diaryl/α,β-unsaturated/α-hetero) is 3. The Balaban J connectivity index is 1.93. The van der Waals surface area contributed by atoms with E-state index in [0.717, 1.165) is 6.92 Å². The van der Waals surface area contributed by atoms with Crippen molar-refractivity contribution >= 4 is 40.6 Å². The number of hydrogen-bond acceptors (Lipinski definition) is 11. The van der Waals surface area contributed by atoms with Gasteiger partial charge in [-0.1, -0.05) is 0 Å². The molecule has 1 saturated carbocycles. The van der Waals surface area contributed by atoms with Gasteiger partial charge in [-0.15, -0.1) is 0 Å². The molecule has 41 heavy (non-hydrogen) atoms. The number of benzene rings is 1. The minimum atomic E-state index is -2.66. The number of carbonyl (C=O) groups excluding carboxylic acids is 4. The van der Waals surface area contributed by atoms with Crippen molar-refractivity contribution < 1.29 is 44.3 Å². The minimum absolute atomic E-state index is 0.0104. The molecule has 3 aliphatic carbocycles. The second-order valence-electron chi connectivity index (χ2n) is 12.3. The Hall–Kier alpha value is -3.90. The number of phenolic OH excluding ortho intramolecular Hbond substituents is 1. The number of carbonyl (C=O) groups is 4. The zero-order chi connectivity index (χ0) is 30.9. The SMILES string of the molecule is CC(=O)C1=C(O)[C@@]2(O)C(=O)C3=C(O)c4c(O)c(NC(=O)OC(C)(C)C)cc(N(C)C)c4C[C@H]3C[C@H]2[C@H](N(C)C)C1=O. The summed E-state index contributed by atoms with van der Waals surface area (Å²) in [5, 5.41) is 48.1. The average Bonchev–Trinajstić information content (AvgIpc) is 2.81. The van der Waals surface area contributed by atoms with Crippen LogP contribution in [0.3, 0.4) is 0 Å². The van der Waals surface area contributed by atoms with Gasteiger partial charge in [0.2, 0.25) is 5.78 Å². The number of amides is 1. The lowest BCUT2D eigenvalue weighted by Crippen LogP contribution is -2.65. The highest BCUT2D eigenvalue weighted by Crippen LogP contribution is 2.54. The lowest BCUT2D eigenvalue weighted by Gasteiger charge is -2.50. The summed E-state index contributed by atoms with van der Waals surface area (Å²) < 4.78 is 5.29. The molecular weight excluding hydrogens is 534 g/mol. The van der Waals surface area contributed by atoms with Crippen molar-refractivity contribution in [1.82, 2.24) is 4.90 Å². The second-order valence-corrected chi connectivity index (χ2v) is 12.3. The van der Waals surface area contributed by atoms with Crippen LogP contribution in [0.2, 0.25) is 0 Å². The summed E-state index contributed by atoms with van der Waals surface area (Å²) in [6.45, 7) is 6.08. The van der Waals surface area contributed by atoms with E-state index in [-0.39, 0.29) is 29.7 Å². The Bertz CT molecular complexity index is 1430. The van der Waals surface area contributed by atoms with Gasteiger partial charge in [-0.3, -0.25) is 24.6 Å². The molecule has 0 radical (unpaired) electrons. The second kappa shape index (κ2) is 9.88. The van der Waals surface area contributed by atoms with E-state index in [2.05, 4.69) is 5.32 Å². The van der Waals surface area contributed by atoms with Crippen LogP contribution in [0, 0.1) is 11.8 Å². The zero-order valence-electron chi connectivity index (χ0n) is 24.4. The van der Waals surface area contributed by atoms with Gasteiger partial charge in [0.25, 0.3) is 0 Å². The number of hydrogen-bond donors (Lipinski definition) is 5. The molecule has 0 saturated heterocycles. The number of ketones is 3. The molecule has 12 nitrogen and oxygen atoms in total. The molecule has 222 valence electrons. The smallest absolute Gasteiger partial charge is 0.412 e. The van der Waals surface area contributed by atoms with Gasteiger partial charge >= 0.3 is 6.09 Å². The maximum atomic E-state index is 14.1. The highest BCUT2D eigenvalue weighted by molar-refractivity contribution is 6.25. The quantitative estimate of drug-likeness (QED) is 0.265. The van der Waals surface area contributed by atoms with Crippen LogP contribution in [-0.2, 0) is 25.5 Å². The lowest BCUT2D eigenvalue weighted by molar-refractivity contribution is -0.153. The number of rotatable bonds is 4. The predicted octanol–water partition coefficient (Wildman–Crippen LogP) is 2.48. The summed E-state index contributed by atoms with van der Waals surface area (Å²) in [5.41, 5.74) is -3.56. The number of likely N-dealkylation sites (N-methyl/N-ethyl adjacent to an activating group) is 1. The third-order valence-electron chi connectivity index (χ3n) is 7.92. The van der Waals surface area contributed by atoms with Gasteiger partial charge in [0, 0.05) is 31.3 Å². The predicted molar refractivity (Wildman–Crippen MR) is 150 cm³/mol. The first-order valence-electron chi connectivity index (χ1n) is 13.2. The Morgan fingerprint density at radius 3 is 2.22 bits per heavy atom. The number of nitrogens with one attached hydrogen (secondary N) is 1. The molecule has 0 bridgehead atoms. The summed E-state index contributed by atoms with van der Waals surface area (Å²) in [6, 6.07) is 0.434. The first-order chi connectivity index (χ1) is 18.8. The molecule has 1 aromatic rings. The fourth-order valence-electron chi connectivity index (χ4n) is 6.30. The fraction of sp³-hybridized carbons (Fsp3) is 0.517. The topological polar surface area (TPSA) is 177 Å². The van der Waals surface area contributed by atoms with E-state index >= 15 is 0 Å². The Labute approximate surface area is 237 Å². The number of phenols is 1. The van der Waals surface area contributed by atoms with Crippen molar-refractivity contribution in [1.29, 1.82) is 0 Å². The molecule has 0 aliphatic heterocycles. The monoisotopic (exact) mass is 571 g/mol. The number of nitrogens with zero attached hydrogens (tertiary/aromatic N) is 2. The normalized spacial score (nSPS) is 26.0. The van der Waals surface area contributed by atoms with E-state index in [9.17, 15) is 39.6 Å². The van der Waals surface area contributed by atoms with Gasteiger partial charge in [-0.2, -0.15) is 0 Å². The maximum Gasteiger partial charge on any atom is 0.412 e. The van der Waals surface area contributed by atoms with Crippen LogP contribution in [-0.4, -0.2) is 94.2 Å². The number of anilines is 2. The summed E-state index contributed by atoms with van der Waals surface area (Å²) in [6.07, 6.45) is -0.701. The molecule has 1 amide bonds. The minimum Gasteiger partial charge on any atom is -0.508 e. The largest absolute Gasteiger partial charge is 0.508 e. The van der Waals surface area contributed by atoms with Crippen molar-refractivity contribution in [3.63, 3.8) is 0 Å². The molecular formula is C29H37N3O9. The summed E-state index contributed by atoms with van der Waals surface area (Å²) >= 11 is 0. The van der Waals surface area contributed by atoms with E-state index in [1.165, 1.54) is 11.0 Å². The zero-order valence-corrected chi connectivity index (χ0v) is 24.4. The molecule has 3 aliphatic rings. The van der Waals surface area contributed by atoms with Gasteiger partial charge in [0.1, 0.15) is 22.7 Å². The third kappa shape index (κ3) is 4.64. The molecule has 12 heteroatoms. The molecule has 4 rings (SSSR count). The highest BCUT2D eigenvalue weighted by atomic mass is 16.6. The number of aliphatic hydroxyl groups excluding tert-OH is 2. The summed E-state index contributed by atoms with van der Waals surface area (Å²) in [7, 11) is 6.62. The lowest BCUT2D eigenvalue weighted by atomic mass is 9.57. The third-order valence-corrected chi connectivity index (χ3v) is 7.92. The number of aliphatic hydroxyl groups is 3. The molecule has 5 N–H and O–H groups in total. The summed E-state index contributed by atoms with van der Waals surface area (Å²) in [5.74, 6) is -6.55. The van der Waals surface area contributed by atoms with Crippen molar-refractivity contribution in [3.8, 4) is 5.75 Å². The Morgan fingerprint density at radius 2 is 1.71 bits per heavy atom. The van der Waals surface area contributed by atoms with E-state index in [1.54, 1.807) is 53.9 Å². The van der Waals surface area contributed by atoms with Crippen LogP contribution in [0.15, 0.2) is 23.0 Å². The molecule has 0 unspecified atom stereocenters. The van der Waals surface area contributed by atoms with Crippen molar-refractivity contribution in [2.75, 3.05) is 38.4 Å². The van der Waals surface area contributed by atoms with Gasteiger partial charge in [0.15, 0.2) is 22.9 Å². The number of aromatic hydroxyl groups is 1. The Kier molecular flexibility index (Phi) is 7.24. The highest BCUT2D eigenvalue weighted by Gasteiger charge is 2.64. The number of ether oxygens (including phenoxy) is 1. The summed E-state index contributed by atoms with van der Waals surface area (Å²) in [4.78, 5) is 55.4. The standard InChI is InChI=1S/C29H37N3O9/c1-12(33)18-24(36)21(32(7)8)15-10-13-9-14-17(31(5)6)11-16(30-27(39)41-28(2,3)4)22(34)20(14)23(35)19(13)26(38)29(15,40)25(18)37/h11,13,15,21,34-35,37,40H,9-10H2,1-8H3,(H,30,39)/t13-,15-,21-,29+/m0/s1. The van der Waals surface area contributed by atoms with Crippen molar-refractivity contribution in [3.05, 3.63) is 34.1 Å². The van der Waals surface area contributed by atoms with E-state index in [0.29, 0.717) is 11.3 Å².